The smallest absolute Gasteiger partial charge is 0.319 e. The third-order valence-electron chi connectivity index (χ3n) is 5.41. The molecule has 156 valence electrons. The van der Waals surface area contributed by atoms with Gasteiger partial charge in [-0.1, -0.05) is 5.57 Å². The van der Waals surface area contributed by atoms with Crippen molar-refractivity contribution in [2.45, 2.75) is 42.9 Å². The van der Waals surface area contributed by atoms with Gasteiger partial charge in [0, 0.05) is 39.6 Å². The highest BCUT2D eigenvalue weighted by Crippen LogP contribution is 2.45. The number of thioether (sulfide) groups is 1. The maximum Gasteiger partial charge on any atom is 0.319 e. The van der Waals surface area contributed by atoms with Gasteiger partial charge >= 0.3 is 5.97 Å². The topological polar surface area (TPSA) is 49.8 Å². The quantitative estimate of drug-likeness (QED) is 0.620. The molecular formula is C22H26ClNO3S2. The van der Waals surface area contributed by atoms with Crippen molar-refractivity contribution >= 4 is 47.0 Å². The molecule has 1 saturated heterocycles. The minimum Gasteiger partial charge on any atom is -0.488 e. The van der Waals surface area contributed by atoms with Gasteiger partial charge in [-0.25, -0.2) is 0 Å². The lowest BCUT2D eigenvalue weighted by molar-refractivity contribution is -0.138. The Bertz CT molecular complexity index is 941. The Kier molecular flexibility index (Phi) is 6.68. The van der Waals surface area contributed by atoms with E-state index in [4.69, 9.17) is 4.74 Å². The summed E-state index contributed by atoms with van der Waals surface area (Å²) in [4.78, 5) is 16.2. The standard InChI is InChI=1S/C22H25NO3S2.ClH/c1-22(2,21(24)25)28-16-4-5-18-17(12-16)19(14-6-9-23(3)10-7-14)20-15(13-26-18)8-11-27-20;/h4-5,8,11-12H,6-7,9-10,13H2,1-3H3,(H,24,25);1H. The molecule has 1 aromatic heterocycles. The molecule has 2 aliphatic rings. The van der Waals surface area contributed by atoms with E-state index in [2.05, 4.69) is 29.5 Å². The Morgan fingerprint density at radius 1 is 1.24 bits per heavy atom. The van der Waals surface area contributed by atoms with E-state index in [9.17, 15) is 9.90 Å². The van der Waals surface area contributed by atoms with Crippen molar-refractivity contribution in [1.29, 1.82) is 0 Å². The summed E-state index contributed by atoms with van der Waals surface area (Å²) in [5, 5.41) is 11.7. The summed E-state index contributed by atoms with van der Waals surface area (Å²) in [7, 11) is 2.17. The van der Waals surface area contributed by atoms with Crippen molar-refractivity contribution in [3.8, 4) is 5.75 Å². The van der Waals surface area contributed by atoms with Crippen LogP contribution in [-0.4, -0.2) is 40.9 Å². The van der Waals surface area contributed by atoms with Gasteiger partial charge in [0.1, 0.15) is 17.1 Å². The molecule has 0 aliphatic carbocycles. The van der Waals surface area contributed by atoms with Crippen molar-refractivity contribution in [3.05, 3.63) is 51.2 Å². The molecule has 0 radical (unpaired) electrons. The number of piperidine rings is 1. The number of carboxylic acids is 1. The largest absolute Gasteiger partial charge is 0.488 e. The Hall–Kier alpha value is -1.47. The van der Waals surface area contributed by atoms with Crippen molar-refractivity contribution < 1.29 is 14.6 Å². The fraction of sp³-hybridized carbons (Fsp3) is 0.409. The van der Waals surface area contributed by atoms with Crippen LogP contribution >= 0.6 is 35.5 Å². The monoisotopic (exact) mass is 451 g/mol. The number of halogens is 1. The van der Waals surface area contributed by atoms with Crippen LogP contribution in [0, 0.1) is 0 Å². The van der Waals surface area contributed by atoms with Crippen LogP contribution in [0.5, 0.6) is 5.75 Å². The minimum atomic E-state index is -0.880. The molecule has 0 bridgehead atoms. The maximum absolute atomic E-state index is 11.6. The fourth-order valence-corrected chi connectivity index (χ4v) is 5.68. The number of thiophene rings is 1. The number of likely N-dealkylation sites (tertiary alicyclic amines) is 1. The van der Waals surface area contributed by atoms with Crippen LogP contribution in [-0.2, 0) is 11.4 Å². The summed E-state index contributed by atoms with van der Waals surface area (Å²) in [6, 6.07) is 8.26. The van der Waals surface area contributed by atoms with E-state index < -0.39 is 10.7 Å². The summed E-state index contributed by atoms with van der Waals surface area (Å²) < 4.78 is 5.26. The highest BCUT2D eigenvalue weighted by Gasteiger charge is 2.30. The fourth-order valence-electron chi connectivity index (χ4n) is 3.67. The van der Waals surface area contributed by atoms with Gasteiger partial charge in [0.05, 0.1) is 0 Å². The lowest BCUT2D eigenvalue weighted by Gasteiger charge is -2.27. The zero-order valence-electron chi connectivity index (χ0n) is 16.9. The SMILES string of the molecule is CN1CCC(=C2c3cc(SC(C)(C)C(=O)O)ccc3OCc3ccsc32)CC1.Cl. The third kappa shape index (κ3) is 4.50. The van der Waals surface area contributed by atoms with Crippen LogP contribution < -0.4 is 4.74 Å². The number of ether oxygens (including phenoxy) is 1. The molecule has 4 rings (SSSR count). The Labute approximate surface area is 186 Å². The molecule has 29 heavy (non-hydrogen) atoms. The van der Waals surface area contributed by atoms with E-state index in [0.717, 1.165) is 42.1 Å². The summed E-state index contributed by atoms with van der Waals surface area (Å²) in [5.74, 6) is 0.0837. The van der Waals surface area contributed by atoms with E-state index in [-0.39, 0.29) is 12.4 Å². The van der Waals surface area contributed by atoms with Gasteiger partial charge in [0.2, 0.25) is 0 Å². The molecule has 2 aliphatic heterocycles. The second kappa shape index (κ2) is 8.72. The predicted octanol–water partition coefficient (Wildman–Crippen LogP) is 5.55. The summed E-state index contributed by atoms with van der Waals surface area (Å²) in [5.41, 5.74) is 5.13. The van der Waals surface area contributed by atoms with Crippen LogP contribution in [0.15, 0.2) is 40.1 Å². The van der Waals surface area contributed by atoms with Crippen molar-refractivity contribution in [2.24, 2.45) is 0 Å². The van der Waals surface area contributed by atoms with Crippen LogP contribution in [0.2, 0.25) is 0 Å². The molecule has 3 heterocycles. The van der Waals surface area contributed by atoms with E-state index in [1.165, 1.54) is 33.3 Å². The molecular weight excluding hydrogens is 426 g/mol. The normalized spacial score (nSPS) is 16.9. The first-order chi connectivity index (χ1) is 13.3. The van der Waals surface area contributed by atoms with Crippen molar-refractivity contribution in [2.75, 3.05) is 20.1 Å². The van der Waals surface area contributed by atoms with Gasteiger partial charge in [0.25, 0.3) is 0 Å². The predicted molar refractivity (Wildman–Crippen MR) is 123 cm³/mol. The molecule has 0 saturated carbocycles. The lowest BCUT2D eigenvalue weighted by atomic mass is 9.91. The van der Waals surface area contributed by atoms with Gasteiger partial charge in [-0.05, 0) is 63.4 Å². The van der Waals surface area contributed by atoms with Crippen LogP contribution in [0.3, 0.4) is 0 Å². The average molecular weight is 452 g/mol. The number of hydrogen-bond donors (Lipinski definition) is 1. The summed E-state index contributed by atoms with van der Waals surface area (Å²) in [6.07, 6.45) is 2.11. The average Bonchev–Trinajstić information content (AvgIpc) is 3.05. The molecule has 0 spiro atoms. The number of nitrogens with zero attached hydrogens (tertiary/aromatic N) is 1. The van der Waals surface area contributed by atoms with Gasteiger partial charge in [0.15, 0.2) is 0 Å². The molecule has 1 fully saturated rings. The van der Waals surface area contributed by atoms with Gasteiger partial charge in [-0.3, -0.25) is 4.79 Å². The number of carbonyl (C=O) groups is 1. The second-order valence-electron chi connectivity index (χ2n) is 7.92. The van der Waals surface area contributed by atoms with Crippen molar-refractivity contribution in [1.82, 2.24) is 4.90 Å². The second-order valence-corrected chi connectivity index (χ2v) is 10.5. The first-order valence-electron chi connectivity index (χ1n) is 9.52. The lowest BCUT2D eigenvalue weighted by Crippen LogP contribution is -2.27. The molecule has 7 heteroatoms. The molecule has 2 aromatic rings. The van der Waals surface area contributed by atoms with Gasteiger partial charge < -0.3 is 14.7 Å². The number of rotatable bonds is 3. The number of hydrogen-bond acceptors (Lipinski definition) is 5. The van der Waals surface area contributed by atoms with Crippen LogP contribution in [0.4, 0.5) is 0 Å². The van der Waals surface area contributed by atoms with Gasteiger partial charge in [-0.2, -0.15) is 0 Å². The van der Waals surface area contributed by atoms with E-state index in [0.29, 0.717) is 6.61 Å². The Morgan fingerprint density at radius 2 is 1.97 bits per heavy atom. The zero-order valence-corrected chi connectivity index (χ0v) is 19.3. The highest BCUT2D eigenvalue weighted by molar-refractivity contribution is 8.01. The van der Waals surface area contributed by atoms with E-state index >= 15 is 0 Å². The molecule has 0 atom stereocenters. The van der Waals surface area contributed by atoms with Crippen LogP contribution in [0.1, 0.15) is 42.7 Å². The molecule has 1 N–H and O–H groups in total. The Balaban J connectivity index is 0.00000240. The zero-order chi connectivity index (χ0) is 19.9. The van der Waals surface area contributed by atoms with Crippen molar-refractivity contribution in [3.63, 3.8) is 0 Å². The Morgan fingerprint density at radius 3 is 2.66 bits per heavy atom. The minimum absolute atomic E-state index is 0. The number of aliphatic carboxylic acids is 1. The number of carboxylic acid groups (broad SMARTS) is 1. The van der Waals surface area contributed by atoms with E-state index in [1.54, 1.807) is 25.2 Å². The van der Waals surface area contributed by atoms with Gasteiger partial charge in [-0.15, -0.1) is 35.5 Å². The number of benzene rings is 1. The summed E-state index contributed by atoms with van der Waals surface area (Å²) >= 11 is 3.16. The maximum atomic E-state index is 11.6. The number of fused-ring (bicyclic) bond motifs is 2. The summed E-state index contributed by atoms with van der Waals surface area (Å²) in [6.45, 7) is 6.20. The first kappa shape index (κ1) is 22.2. The highest BCUT2D eigenvalue weighted by atomic mass is 35.5. The molecule has 4 nitrogen and oxygen atoms in total. The van der Waals surface area contributed by atoms with E-state index in [1.807, 2.05) is 12.1 Å². The molecule has 0 amide bonds. The molecule has 0 unspecified atom stereocenters. The third-order valence-corrected chi connectivity index (χ3v) is 7.56. The first-order valence-corrected chi connectivity index (χ1v) is 11.2. The van der Waals surface area contributed by atoms with Crippen LogP contribution in [0.25, 0.3) is 5.57 Å². The molecule has 1 aromatic carbocycles.